The van der Waals surface area contributed by atoms with Crippen LogP contribution in [0.15, 0.2) is 0 Å². The summed E-state index contributed by atoms with van der Waals surface area (Å²) in [6.07, 6.45) is 6.13. The van der Waals surface area contributed by atoms with Crippen LogP contribution in [0.4, 0.5) is 0 Å². The summed E-state index contributed by atoms with van der Waals surface area (Å²) in [5.41, 5.74) is 6.23. The Kier molecular flexibility index (Phi) is 4.00. The van der Waals surface area contributed by atoms with E-state index in [0.29, 0.717) is 5.92 Å². The van der Waals surface area contributed by atoms with E-state index < -0.39 is 0 Å². The number of hydrogen-bond donors (Lipinski definition) is 1. The lowest BCUT2D eigenvalue weighted by molar-refractivity contribution is -0.0552. The highest BCUT2D eigenvalue weighted by Crippen LogP contribution is 2.31. The monoisotopic (exact) mass is 213 g/mol. The minimum absolute atomic E-state index is 0.0303. The van der Waals surface area contributed by atoms with Crippen LogP contribution in [-0.2, 0) is 9.47 Å². The highest BCUT2D eigenvalue weighted by Gasteiger charge is 2.28. The standard InChI is InChI=1S/C12H23NO2/c1-9-3-2-4-10(7-9)11(13)8-12-14-5-6-15-12/h9-12H,2-8,13H2,1H3. The summed E-state index contributed by atoms with van der Waals surface area (Å²) in [5, 5.41) is 0. The van der Waals surface area contributed by atoms with Crippen molar-refractivity contribution in [1.82, 2.24) is 0 Å². The third-order valence-electron chi connectivity index (χ3n) is 3.74. The van der Waals surface area contributed by atoms with Gasteiger partial charge in [0.05, 0.1) is 13.2 Å². The van der Waals surface area contributed by atoms with Gasteiger partial charge in [-0.1, -0.05) is 19.8 Å². The molecule has 2 N–H and O–H groups in total. The predicted molar refractivity (Wildman–Crippen MR) is 59.4 cm³/mol. The van der Waals surface area contributed by atoms with Crippen LogP contribution < -0.4 is 5.73 Å². The molecule has 0 spiro atoms. The van der Waals surface area contributed by atoms with Gasteiger partial charge in [0.25, 0.3) is 0 Å². The van der Waals surface area contributed by atoms with E-state index in [4.69, 9.17) is 15.2 Å². The number of rotatable bonds is 3. The fraction of sp³-hybridized carbons (Fsp3) is 1.00. The van der Waals surface area contributed by atoms with Crippen molar-refractivity contribution >= 4 is 0 Å². The summed E-state index contributed by atoms with van der Waals surface area (Å²) in [6.45, 7) is 3.80. The topological polar surface area (TPSA) is 44.5 Å². The van der Waals surface area contributed by atoms with Crippen molar-refractivity contribution in [2.75, 3.05) is 13.2 Å². The summed E-state index contributed by atoms with van der Waals surface area (Å²) < 4.78 is 10.9. The molecule has 0 bridgehead atoms. The second kappa shape index (κ2) is 5.28. The molecule has 0 radical (unpaired) electrons. The van der Waals surface area contributed by atoms with E-state index in [9.17, 15) is 0 Å². The van der Waals surface area contributed by atoms with Crippen LogP contribution in [0.2, 0.25) is 0 Å². The first kappa shape index (κ1) is 11.4. The zero-order chi connectivity index (χ0) is 10.7. The molecule has 3 heteroatoms. The molecule has 0 aromatic rings. The molecule has 0 amide bonds. The Morgan fingerprint density at radius 3 is 2.67 bits per heavy atom. The zero-order valence-corrected chi connectivity index (χ0v) is 9.65. The Morgan fingerprint density at radius 1 is 1.27 bits per heavy atom. The van der Waals surface area contributed by atoms with Crippen molar-refractivity contribution in [1.29, 1.82) is 0 Å². The van der Waals surface area contributed by atoms with Gasteiger partial charge in [0.1, 0.15) is 0 Å². The van der Waals surface area contributed by atoms with Crippen LogP contribution in [-0.4, -0.2) is 25.5 Å². The Hall–Kier alpha value is -0.120. The van der Waals surface area contributed by atoms with E-state index >= 15 is 0 Å². The Labute approximate surface area is 92.3 Å². The van der Waals surface area contributed by atoms with Crippen LogP contribution in [0.25, 0.3) is 0 Å². The molecule has 0 aromatic heterocycles. The number of nitrogens with two attached hydrogens (primary N) is 1. The average Bonchev–Trinajstić information content (AvgIpc) is 2.70. The normalized spacial score (nSPS) is 35.6. The van der Waals surface area contributed by atoms with Crippen LogP contribution in [0.3, 0.4) is 0 Å². The number of hydrogen-bond acceptors (Lipinski definition) is 3. The highest BCUT2D eigenvalue weighted by atomic mass is 16.7. The molecule has 88 valence electrons. The maximum atomic E-state index is 6.23. The maximum Gasteiger partial charge on any atom is 0.159 e. The third-order valence-corrected chi connectivity index (χ3v) is 3.74. The molecule has 3 unspecified atom stereocenters. The molecule has 0 aromatic carbocycles. The van der Waals surface area contributed by atoms with Gasteiger partial charge in [-0.25, -0.2) is 0 Å². The van der Waals surface area contributed by atoms with Crippen molar-refractivity contribution in [3.05, 3.63) is 0 Å². The van der Waals surface area contributed by atoms with E-state index in [2.05, 4.69) is 6.92 Å². The predicted octanol–water partition coefficient (Wildman–Crippen LogP) is 1.90. The van der Waals surface area contributed by atoms with Crippen molar-refractivity contribution < 1.29 is 9.47 Å². The summed E-state index contributed by atoms with van der Waals surface area (Å²) in [5.74, 6) is 1.53. The largest absolute Gasteiger partial charge is 0.350 e. The second-order valence-corrected chi connectivity index (χ2v) is 5.10. The Balaban J connectivity index is 1.76. The van der Waals surface area contributed by atoms with E-state index in [1.165, 1.54) is 25.7 Å². The first-order valence-electron chi connectivity index (χ1n) is 6.24. The van der Waals surface area contributed by atoms with Gasteiger partial charge >= 0.3 is 0 Å². The lowest BCUT2D eigenvalue weighted by Gasteiger charge is -2.31. The highest BCUT2D eigenvalue weighted by molar-refractivity contribution is 4.80. The molecule has 1 aliphatic heterocycles. The van der Waals surface area contributed by atoms with Crippen LogP contribution >= 0.6 is 0 Å². The molecular formula is C12H23NO2. The molecule has 1 aliphatic carbocycles. The summed E-state index contributed by atoms with van der Waals surface area (Å²) in [7, 11) is 0. The molecule has 1 saturated heterocycles. The summed E-state index contributed by atoms with van der Waals surface area (Å²) in [6, 6.07) is 0.260. The van der Waals surface area contributed by atoms with E-state index in [1.807, 2.05) is 0 Å². The van der Waals surface area contributed by atoms with Crippen LogP contribution in [0, 0.1) is 11.8 Å². The molecule has 1 heterocycles. The minimum Gasteiger partial charge on any atom is -0.350 e. The summed E-state index contributed by atoms with van der Waals surface area (Å²) in [4.78, 5) is 0. The summed E-state index contributed by atoms with van der Waals surface area (Å²) >= 11 is 0. The van der Waals surface area contributed by atoms with Gasteiger partial charge in [0.2, 0.25) is 0 Å². The zero-order valence-electron chi connectivity index (χ0n) is 9.65. The Morgan fingerprint density at radius 2 is 2.00 bits per heavy atom. The fourth-order valence-electron chi connectivity index (χ4n) is 2.83. The fourth-order valence-corrected chi connectivity index (χ4v) is 2.83. The SMILES string of the molecule is CC1CCCC(C(N)CC2OCCO2)C1. The van der Waals surface area contributed by atoms with E-state index in [-0.39, 0.29) is 12.3 Å². The van der Waals surface area contributed by atoms with Gasteiger partial charge in [-0.3, -0.25) is 0 Å². The van der Waals surface area contributed by atoms with Crippen molar-refractivity contribution in [2.45, 2.75) is 51.4 Å². The van der Waals surface area contributed by atoms with Crippen LogP contribution in [0.1, 0.15) is 39.0 Å². The molecule has 2 aliphatic rings. The Bertz CT molecular complexity index is 192. The van der Waals surface area contributed by atoms with E-state index in [0.717, 1.165) is 25.6 Å². The van der Waals surface area contributed by atoms with Gasteiger partial charge in [-0.2, -0.15) is 0 Å². The molecule has 3 nitrogen and oxygen atoms in total. The average molecular weight is 213 g/mol. The maximum absolute atomic E-state index is 6.23. The first-order chi connectivity index (χ1) is 7.25. The minimum atomic E-state index is -0.0303. The van der Waals surface area contributed by atoms with Gasteiger partial charge in [0.15, 0.2) is 6.29 Å². The molecule has 3 atom stereocenters. The quantitative estimate of drug-likeness (QED) is 0.778. The van der Waals surface area contributed by atoms with Crippen LogP contribution in [0.5, 0.6) is 0 Å². The smallest absolute Gasteiger partial charge is 0.159 e. The lowest BCUT2D eigenvalue weighted by Crippen LogP contribution is -2.36. The first-order valence-corrected chi connectivity index (χ1v) is 6.24. The van der Waals surface area contributed by atoms with Crippen molar-refractivity contribution in [3.8, 4) is 0 Å². The molecule has 15 heavy (non-hydrogen) atoms. The van der Waals surface area contributed by atoms with Gasteiger partial charge in [-0.15, -0.1) is 0 Å². The number of ether oxygens (including phenoxy) is 2. The molecular weight excluding hydrogens is 190 g/mol. The van der Waals surface area contributed by atoms with Gasteiger partial charge in [-0.05, 0) is 24.7 Å². The third kappa shape index (κ3) is 3.16. The molecule has 2 rings (SSSR count). The van der Waals surface area contributed by atoms with Crippen molar-refractivity contribution in [2.24, 2.45) is 17.6 Å². The lowest BCUT2D eigenvalue weighted by atomic mass is 9.78. The molecule has 2 fully saturated rings. The van der Waals surface area contributed by atoms with Gasteiger partial charge in [0, 0.05) is 12.5 Å². The van der Waals surface area contributed by atoms with Crippen molar-refractivity contribution in [3.63, 3.8) is 0 Å². The van der Waals surface area contributed by atoms with E-state index in [1.54, 1.807) is 0 Å². The molecule has 1 saturated carbocycles. The van der Waals surface area contributed by atoms with Gasteiger partial charge < -0.3 is 15.2 Å². The second-order valence-electron chi connectivity index (χ2n) is 5.10.